The maximum absolute atomic E-state index is 5.75. The number of nitrogens with one attached hydrogen (secondary N) is 1. The van der Waals surface area contributed by atoms with Gasteiger partial charge in [0.2, 0.25) is 0 Å². The summed E-state index contributed by atoms with van der Waals surface area (Å²) in [6.45, 7) is 2.00. The molecular weight excluding hydrogens is 166 g/mol. The molecule has 0 spiro atoms. The van der Waals surface area contributed by atoms with Gasteiger partial charge in [-0.2, -0.15) is 5.10 Å². The summed E-state index contributed by atoms with van der Waals surface area (Å²) < 4.78 is 5.75. The zero-order chi connectivity index (χ0) is 8.67. The highest BCUT2D eigenvalue weighted by atomic mass is 16.5. The Kier molecular flexibility index (Phi) is 1.55. The predicted molar refractivity (Wildman–Crippen MR) is 48.7 cm³/mol. The van der Waals surface area contributed by atoms with Crippen molar-refractivity contribution in [2.45, 2.75) is 25.0 Å². The van der Waals surface area contributed by atoms with Crippen LogP contribution in [-0.2, 0) is 4.74 Å². The Morgan fingerprint density at radius 1 is 1.38 bits per heavy atom. The number of hydrogen-bond donors (Lipinski definition) is 1. The first kappa shape index (κ1) is 7.38. The Hall–Kier alpha value is -1.03. The van der Waals surface area contributed by atoms with E-state index in [0.29, 0.717) is 12.2 Å². The van der Waals surface area contributed by atoms with E-state index in [2.05, 4.69) is 15.1 Å². The van der Waals surface area contributed by atoms with Gasteiger partial charge in [-0.15, -0.1) is 0 Å². The second kappa shape index (κ2) is 2.73. The minimum absolute atomic E-state index is 0.440. The van der Waals surface area contributed by atoms with Gasteiger partial charge in [0.05, 0.1) is 12.2 Å². The van der Waals surface area contributed by atoms with Crippen LogP contribution < -0.4 is 4.90 Å². The van der Waals surface area contributed by atoms with Crippen molar-refractivity contribution < 1.29 is 4.74 Å². The molecular formula is C9H13N3O. The number of ether oxygens (including phenoxy) is 1. The maximum atomic E-state index is 5.75. The Balaban J connectivity index is 1.80. The fraction of sp³-hybridized carbons (Fsp3) is 0.667. The highest BCUT2D eigenvalue weighted by Gasteiger charge is 2.34. The van der Waals surface area contributed by atoms with Crippen LogP contribution in [0, 0.1) is 0 Å². The average molecular weight is 179 g/mol. The first-order valence-electron chi connectivity index (χ1n) is 4.82. The van der Waals surface area contributed by atoms with Gasteiger partial charge in [-0.1, -0.05) is 0 Å². The third-order valence-electron chi connectivity index (χ3n) is 2.85. The second-order valence-corrected chi connectivity index (χ2v) is 3.79. The van der Waals surface area contributed by atoms with E-state index in [0.717, 1.165) is 18.9 Å². The number of aromatic amines is 1. The third kappa shape index (κ3) is 1.21. The average Bonchev–Trinajstić information content (AvgIpc) is 2.75. The molecule has 2 fully saturated rings. The van der Waals surface area contributed by atoms with Crippen molar-refractivity contribution in [3.05, 3.63) is 12.3 Å². The van der Waals surface area contributed by atoms with Crippen LogP contribution >= 0.6 is 0 Å². The van der Waals surface area contributed by atoms with Crippen LogP contribution in [0.25, 0.3) is 0 Å². The first-order chi connectivity index (χ1) is 6.42. The number of morpholine rings is 1. The minimum atomic E-state index is 0.440. The SMILES string of the molecule is c1cc(N2C[C@H]3CC[C@@H](C2)O3)n[nH]1. The van der Waals surface area contributed by atoms with Gasteiger partial charge in [0.1, 0.15) is 5.82 Å². The van der Waals surface area contributed by atoms with Gasteiger partial charge < -0.3 is 9.64 Å². The maximum Gasteiger partial charge on any atom is 0.150 e. The monoisotopic (exact) mass is 179 g/mol. The van der Waals surface area contributed by atoms with Crippen molar-refractivity contribution in [1.82, 2.24) is 10.2 Å². The molecule has 70 valence electrons. The molecule has 2 aliphatic heterocycles. The number of aromatic nitrogens is 2. The smallest absolute Gasteiger partial charge is 0.150 e. The number of anilines is 1. The number of fused-ring (bicyclic) bond motifs is 2. The van der Waals surface area contributed by atoms with Gasteiger partial charge in [0, 0.05) is 25.4 Å². The van der Waals surface area contributed by atoms with Gasteiger partial charge in [0.15, 0.2) is 0 Å². The molecule has 13 heavy (non-hydrogen) atoms. The Morgan fingerprint density at radius 3 is 2.77 bits per heavy atom. The summed E-state index contributed by atoms with van der Waals surface area (Å²) in [5, 5.41) is 7.03. The zero-order valence-electron chi connectivity index (χ0n) is 7.44. The van der Waals surface area contributed by atoms with E-state index in [9.17, 15) is 0 Å². The van der Waals surface area contributed by atoms with Crippen LogP contribution in [0.4, 0.5) is 5.82 Å². The largest absolute Gasteiger partial charge is 0.371 e. The van der Waals surface area contributed by atoms with Crippen LogP contribution in [0.5, 0.6) is 0 Å². The first-order valence-corrected chi connectivity index (χ1v) is 4.82. The number of hydrogen-bond acceptors (Lipinski definition) is 3. The molecule has 0 amide bonds. The van der Waals surface area contributed by atoms with Crippen LogP contribution in [0.1, 0.15) is 12.8 Å². The molecule has 2 bridgehead atoms. The van der Waals surface area contributed by atoms with Crippen LogP contribution in [0.15, 0.2) is 12.3 Å². The van der Waals surface area contributed by atoms with Crippen LogP contribution in [0.3, 0.4) is 0 Å². The lowest BCUT2D eigenvalue weighted by Crippen LogP contribution is -2.42. The van der Waals surface area contributed by atoms with Crippen molar-refractivity contribution in [1.29, 1.82) is 0 Å². The Labute approximate surface area is 76.9 Å². The molecule has 0 unspecified atom stereocenters. The Bertz CT molecular complexity index is 273. The van der Waals surface area contributed by atoms with Gasteiger partial charge in [-0.25, -0.2) is 0 Å². The van der Waals surface area contributed by atoms with Crippen molar-refractivity contribution in [2.24, 2.45) is 0 Å². The molecule has 0 aromatic carbocycles. The molecule has 3 heterocycles. The van der Waals surface area contributed by atoms with E-state index < -0.39 is 0 Å². The molecule has 0 radical (unpaired) electrons. The zero-order valence-corrected chi connectivity index (χ0v) is 7.44. The van der Waals surface area contributed by atoms with E-state index in [1.165, 1.54) is 12.8 Å². The molecule has 0 aliphatic carbocycles. The van der Waals surface area contributed by atoms with Crippen molar-refractivity contribution in [2.75, 3.05) is 18.0 Å². The lowest BCUT2D eigenvalue weighted by Gasteiger charge is -2.31. The quantitative estimate of drug-likeness (QED) is 0.692. The van der Waals surface area contributed by atoms with Gasteiger partial charge >= 0.3 is 0 Å². The molecule has 3 rings (SSSR count). The van der Waals surface area contributed by atoms with E-state index in [1.807, 2.05) is 12.3 Å². The summed E-state index contributed by atoms with van der Waals surface area (Å²) in [6.07, 6.45) is 5.18. The number of nitrogens with zero attached hydrogens (tertiary/aromatic N) is 2. The van der Waals surface area contributed by atoms with Gasteiger partial charge in [-0.3, -0.25) is 5.10 Å². The molecule has 2 saturated heterocycles. The highest BCUT2D eigenvalue weighted by Crippen LogP contribution is 2.28. The lowest BCUT2D eigenvalue weighted by atomic mass is 10.2. The molecule has 2 aliphatic rings. The van der Waals surface area contributed by atoms with E-state index in [1.54, 1.807) is 0 Å². The van der Waals surface area contributed by atoms with Crippen LogP contribution in [-0.4, -0.2) is 35.5 Å². The summed E-state index contributed by atoms with van der Waals surface area (Å²) in [5.74, 6) is 1.06. The van der Waals surface area contributed by atoms with Crippen molar-refractivity contribution in [3.8, 4) is 0 Å². The summed E-state index contributed by atoms with van der Waals surface area (Å²) in [4.78, 5) is 2.31. The summed E-state index contributed by atoms with van der Waals surface area (Å²) in [6, 6.07) is 2.02. The summed E-state index contributed by atoms with van der Waals surface area (Å²) in [5.41, 5.74) is 0. The molecule has 0 saturated carbocycles. The van der Waals surface area contributed by atoms with E-state index in [4.69, 9.17) is 4.74 Å². The van der Waals surface area contributed by atoms with Crippen molar-refractivity contribution in [3.63, 3.8) is 0 Å². The minimum Gasteiger partial charge on any atom is -0.371 e. The normalized spacial score (nSPS) is 32.5. The predicted octanol–water partition coefficient (Wildman–Crippen LogP) is 0.777. The molecule has 2 atom stereocenters. The fourth-order valence-electron chi connectivity index (χ4n) is 2.23. The summed E-state index contributed by atoms with van der Waals surface area (Å²) in [7, 11) is 0. The van der Waals surface area contributed by atoms with E-state index in [-0.39, 0.29) is 0 Å². The Morgan fingerprint density at radius 2 is 2.15 bits per heavy atom. The lowest BCUT2D eigenvalue weighted by molar-refractivity contribution is 0.0302. The highest BCUT2D eigenvalue weighted by molar-refractivity contribution is 5.37. The third-order valence-corrected chi connectivity index (χ3v) is 2.85. The number of H-pyrrole nitrogens is 1. The molecule has 4 nitrogen and oxygen atoms in total. The molecule has 4 heteroatoms. The molecule has 1 aromatic rings. The van der Waals surface area contributed by atoms with Crippen LogP contribution in [0.2, 0.25) is 0 Å². The molecule has 1 aromatic heterocycles. The number of rotatable bonds is 1. The van der Waals surface area contributed by atoms with Gasteiger partial charge in [-0.05, 0) is 12.8 Å². The van der Waals surface area contributed by atoms with Gasteiger partial charge in [0.25, 0.3) is 0 Å². The fourth-order valence-corrected chi connectivity index (χ4v) is 2.23. The standard InChI is InChI=1S/C9H13N3O/c1-2-8-6-12(5-7(1)13-8)9-3-4-10-11-9/h3-4,7-8H,1-2,5-6H2,(H,10,11)/t7-,8+. The summed E-state index contributed by atoms with van der Waals surface area (Å²) >= 11 is 0. The topological polar surface area (TPSA) is 41.1 Å². The van der Waals surface area contributed by atoms with Crippen molar-refractivity contribution >= 4 is 5.82 Å². The second-order valence-electron chi connectivity index (χ2n) is 3.79. The molecule has 1 N–H and O–H groups in total. The van der Waals surface area contributed by atoms with E-state index >= 15 is 0 Å².